The van der Waals surface area contributed by atoms with Crippen LogP contribution < -0.4 is 16.2 Å². The lowest BCUT2D eigenvalue weighted by Gasteiger charge is -2.10. The third-order valence-corrected chi connectivity index (χ3v) is 3.02. The summed E-state index contributed by atoms with van der Waals surface area (Å²) in [5.41, 5.74) is 7.61. The maximum atomic E-state index is 11.9. The summed E-state index contributed by atoms with van der Waals surface area (Å²) < 4.78 is 0. The first-order valence-electron chi connectivity index (χ1n) is 5.97. The second kappa shape index (κ2) is 4.72. The molecule has 0 radical (unpaired) electrons. The molecule has 18 heavy (non-hydrogen) atoms. The van der Waals surface area contributed by atoms with E-state index in [0.717, 1.165) is 29.6 Å². The van der Waals surface area contributed by atoms with E-state index in [0.29, 0.717) is 0 Å². The molecule has 3 rings (SSSR count). The molecule has 1 amide bonds. The van der Waals surface area contributed by atoms with E-state index in [1.165, 1.54) is 0 Å². The van der Waals surface area contributed by atoms with Gasteiger partial charge in [0.1, 0.15) is 6.04 Å². The van der Waals surface area contributed by atoms with E-state index in [1.54, 1.807) is 6.20 Å². The molecule has 0 spiro atoms. The Bertz CT molecular complexity index is 578. The number of carbonyl (C=O) groups excluding carboxylic acids is 1. The van der Waals surface area contributed by atoms with Crippen molar-refractivity contribution >= 4 is 22.5 Å². The number of nitrogens with one attached hydrogen (secondary N) is 3. The van der Waals surface area contributed by atoms with Crippen molar-refractivity contribution in [1.29, 1.82) is 0 Å². The average molecular weight is 242 g/mol. The van der Waals surface area contributed by atoms with Crippen molar-refractivity contribution in [2.45, 2.75) is 12.5 Å². The summed E-state index contributed by atoms with van der Waals surface area (Å²) in [6, 6.07) is 9.42. The number of nitrogens with zero attached hydrogens (tertiary/aromatic N) is 1. The molecule has 2 heterocycles. The highest BCUT2D eigenvalue weighted by Crippen LogP contribution is 2.17. The van der Waals surface area contributed by atoms with Crippen molar-refractivity contribution in [2.75, 3.05) is 11.9 Å². The summed E-state index contributed by atoms with van der Waals surface area (Å²) in [7, 11) is 0. The zero-order chi connectivity index (χ0) is 12.4. The van der Waals surface area contributed by atoms with E-state index >= 15 is 0 Å². The van der Waals surface area contributed by atoms with Gasteiger partial charge in [-0.1, -0.05) is 6.07 Å². The Morgan fingerprint density at radius 3 is 3.17 bits per heavy atom. The van der Waals surface area contributed by atoms with Gasteiger partial charge in [-0.05, 0) is 30.7 Å². The minimum Gasteiger partial charge on any atom is -0.325 e. The topological polar surface area (TPSA) is 66.0 Å². The third kappa shape index (κ3) is 2.18. The number of aromatic nitrogens is 1. The second-order valence-electron chi connectivity index (χ2n) is 4.31. The van der Waals surface area contributed by atoms with Crippen LogP contribution in [-0.4, -0.2) is 23.5 Å². The maximum Gasteiger partial charge on any atom is 0.242 e. The predicted octanol–water partition coefficient (Wildman–Crippen LogP) is 1.04. The molecule has 1 aliphatic heterocycles. The fourth-order valence-electron chi connectivity index (χ4n) is 2.06. The van der Waals surface area contributed by atoms with Crippen LogP contribution >= 0.6 is 0 Å². The Hall–Kier alpha value is -1.98. The minimum absolute atomic E-state index is 0.0109. The first-order chi connectivity index (χ1) is 8.83. The molecule has 1 fully saturated rings. The number of pyridine rings is 1. The van der Waals surface area contributed by atoms with Crippen molar-refractivity contribution in [2.24, 2.45) is 0 Å². The van der Waals surface area contributed by atoms with Crippen molar-refractivity contribution in [1.82, 2.24) is 15.8 Å². The van der Waals surface area contributed by atoms with Crippen LogP contribution in [0, 0.1) is 0 Å². The fourth-order valence-corrected chi connectivity index (χ4v) is 2.06. The quantitative estimate of drug-likeness (QED) is 0.736. The van der Waals surface area contributed by atoms with Gasteiger partial charge in [-0.3, -0.25) is 15.2 Å². The number of amides is 1. The molecule has 1 aromatic heterocycles. The van der Waals surface area contributed by atoms with Crippen LogP contribution in [0.3, 0.4) is 0 Å². The molecule has 5 heteroatoms. The number of hydrogen-bond acceptors (Lipinski definition) is 4. The van der Waals surface area contributed by atoms with E-state index < -0.39 is 0 Å². The molecule has 1 unspecified atom stereocenters. The lowest BCUT2D eigenvalue weighted by Crippen LogP contribution is -2.39. The average Bonchev–Trinajstić information content (AvgIpc) is 2.92. The summed E-state index contributed by atoms with van der Waals surface area (Å²) in [4.78, 5) is 16.2. The summed E-state index contributed by atoms with van der Waals surface area (Å²) in [6.45, 7) is 0.819. The molecule has 1 aromatic carbocycles. The van der Waals surface area contributed by atoms with Crippen LogP contribution in [0.4, 0.5) is 5.69 Å². The Morgan fingerprint density at radius 2 is 2.33 bits per heavy atom. The standard InChI is InChI=1S/C13H14N4O/c18-13(12-5-7-15-17-12)16-10-3-4-11-9(8-10)2-1-6-14-11/h1-4,6,8,12,15,17H,5,7H2,(H,16,18). The molecule has 92 valence electrons. The highest BCUT2D eigenvalue weighted by Gasteiger charge is 2.21. The molecule has 3 N–H and O–H groups in total. The minimum atomic E-state index is -0.158. The van der Waals surface area contributed by atoms with Crippen molar-refractivity contribution in [3.8, 4) is 0 Å². The second-order valence-corrected chi connectivity index (χ2v) is 4.31. The van der Waals surface area contributed by atoms with Crippen LogP contribution in [-0.2, 0) is 4.79 Å². The smallest absolute Gasteiger partial charge is 0.242 e. The van der Waals surface area contributed by atoms with Gasteiger partial charge >= 0.3 is 0 Å². The van der Waals surface area contributed by atoms with E-state index in [-0.39, 0.29) is 11.9 Å². The van der Waals surface area contributed by atoms with Crippen LogP contribution in [0.15, 0.2) is 36.5 Å². The largest absolute Gasteiger partial charge is 0.325 e. The third-order valence-electron chi connectivity index (χ3n) is 3.02. The first kappa shape index (κ1) is 11.1. The van der Waals surface area contributed by atoms with Gasteiger partial charge in [-0.25, -0.2) is 5.43 Å². The number of benzene rings is 1. The monoisotopic (exact) mass is 242 g/mol. The number of rotatable bonds is 2. The van der Waals surface area contributed by atoms with Crippen molar-refractivity contribution in [3.63, 3.8) is 0 Å². The normalized spacial score (nSPS) is 19.0. The summed E-state index contributed by atoms with van der Waals surface area (Å²) in [5.74, 6) is -0.0109. The van der Waals surface area contributed by atoms with Gasteiger partial charge in [-0.15, -0.1) is 0 Å². The van der Waals surface area contributed by atoms with E-state index in [4.69, 9.17) is 0 Å². The first-order valence-corrected chi connectivity index (χ1v) is 5.97. The summed E-state index contributed by atoms with van der Waals surface area (Å²) in [5, 5.41) is 3.93. The van der Waals surface area contributed by atoms with Gasteiger partial charge in [-0.2, -0.15) is 0 Å². The van der Waals surface area contributed by atoms with E-state index in [1.807, 2.05) is 30.3 Å². The maximum absolute atomic E-state index is 11.9. The molecule has 5 nitrogen and oxygen atoms in total. The zero-order valence-corrected chi connectivity index (χ0v) is 9.81. The lowest BCUT2D eigenvalue weighted by atomic mass is 10.2. The van der Waals surface area contributed by atoms with Crippen molar-refractivity contribution in [3.05, 3.63) is 36.5 Å². The lowest BCUT2D eigenvalue weighted by molar-refractivity contribution is -0.117. The molecular formula is C13H14N4O. The van der Waals surface area contributed by atoms with Crippen LogP contribution in [0.25, 0.3) is 10.9 Å². The van der Waals surface area contributed by atoms with Gasteiger partial charge < -0.3 is 5.32 Å². The molecular weight excluding hydrogens is 228 g/mol. The zero-order valence-electron chi connectivity index (χ0n) is 9.81. The van der Waals surface area contributed by atoms with Gasteiger partial charge in [0.05, 0.1) is 5.52 Å². The summed E-state index contributed by atoms with van der Waals surface area (Å²) >= 11 is 0. The van der Waals surface area contributed by atoms with Crippen LogP contribution in [0.1, 0.15) is 6.42 Å². The Labute approximate surface area is 105 Å². The SMILES string of the molecule is O=C(Nc1ccc2ncccc2c1)C1CCNN1. The number of hydrazine groups is 1. The molecule has 1 aliphatic rings. The van der Waals surface area contributed by atoms with Crippen molar-refractivity contribution < 1.29 is 4.79 Å². The highest BCUT2D eigenvalue weighted by molar-refractivity contribution is 5.96. The number of fused-ring (bicyclic) bond motifs is 1. The predicted molar refractivity (Wildman–Crippen MR) is 69.9 cm³/mol. The van der Waals surface area contributed by atoms with Gasteiger partial charge in [0.25, 0.3) is 0 Å². The van der Waals surface area contributed by atoms with Crippen LogP contribution in [0.5, 0.6) is 0 Å². The Kier molecular flexibility index (Phi) is 2.92. The molecule has 2 aromatic rings. The molecule has 1 atom stereocenters. The molecule has 0 aliphatic carbocycles. The molecule has 0 bridgehead atoms. The number of anilines is 1. The molecule has 1 saturated heterocycles. The van der Waals surface area contributed by atoms with E-state index in [2.05, 4.69) is 21.2 Å². The Morgan fingerprint density at radius 1 is 1.39 bits per heavy atom. The number of carbonyl (C=O) groups is 1. The Balaban J connectivity index is 1.79. The van der Waals surface area contributed by atoms with Gasteiger partial charge in [0.2, 0.25) is 5.91 Å². The molecule has 0 saturated carbocycles. The van der Waals surface area contributed by atoms with E-state index in [9.17, 15) is 4.79 Å². The van der Waals surface area contributed by atoms with Crippen LogP contribution in [0.2, 0.25) is 0 Å². The summed E-state index contributed by atoms with van der Waals surface area (Å²) in [6.07, 6.45) is 2.57. The fraction of sp³-hybridized carbons (Fsp3) is 0.231. The van der Waals surface area contributed by atoms with Gasteiger partial charge in [0.15, 0.2) is 0 Å². The highest BCUT2D eigenvalue weighted by atomic mass is 16.2. The van der Waals surface area contributed by atoms with Gasteiger partial charge in [0, 0.05) is 23.8 Å². The number of hydrogen-bond donors (Lipinski definition) is 3.